The lowest BCUT2D eigenvalue weighted by atomic mass is 9.73. The number of nitrogens with zero attached hydrogens (tertiary/aromatic N) is 4. The van der Waals surface area contributed by atoms with Crippen LogP contribution in [-0.4, -0.2) is 41.5 Å². The van der Waals surface area contributed by atoms with Crippen LogP contribution in [0.2, 0.25) is 10.0 Å². The number of nitrogens with one attached hydrogen (secondary N) is 1. The fourth-order valence-corrected chi connectivity index (χ4v) is 7.57. The van der Waals surface area contributed by atoms with Gasteiger partial charge in [-0.15, -0.1) is 0 Å². The molecule has 11 heteroatoms. The fourth-order valence-electron chi connectivity index (χ4n) is 6.25. The molecule has 7 nitrogen and oxygen atoms in total. The van der Waals surface area contributed by atoms with Gasteiger partial charge in [0.15, 0.2) is 5.82 Å². The van der Waals surface area contributed by atoms with Crippen LogP contribution in [0.3, 0.4) is 0 Å². The molecule has 0 amide bonds. The highest BCUT2D eigenvalue weighted by Gasteiger charge is 2.50. The number of aromatic nitrogens is 3. The number of hydrogen-bond donors (Lipinski definition) is 2. The maximum absolute atomic E-state index is 15.2. The Kier molecular flexibility index (Phi) is 7.39. The van der Waals surface area contributed by atoms with Gasteiger partial charge < -0.3 is 10.0 Å². The summed E-state index contributed by atoms with van der Waals surface area (Å²) >= 11 is 12.8. The lowest BCUT2D eigenvalue weighted by Gasteiger charge is -2.44. The summed E-state index contributed by atoms with van der Waals surface area (Å²) in [6.07, 6.45) is 5.74. The van der Waals surface area contributed by atoms with E-state index in [1.807, 2.05) is 43.4 Å². The molecule has 2 N–H and O–H groups in total. The van der Waals surface area contributed by atoms with Crippen molar-refractivity contribution >= 4 is 45.5 Å². The number of piperidine rings is 1. The lowest BCUT2D eigenvalue weighted by Crippen LogP contribution is -2.48. The quantitative estimate of drug-likeness (QED) is 0.276. The monoisotopic (exact) mass is 615 g/mol. The molecule has 41 heavy (non-hydrogen) atoms. The molecule has 1 fully saturated rings. The largest absolute Gasteiger partial charge is 0.390 e. The van der Waals surface area contributed by atoms with Crippen LogP contribution < -0.4 is 9.62 Å². The SMILES string of the molecule is CC(C)(C)[S@@](=O)NC1c2c(F)cccc2CC12CCN(c1nccn3c(-c4cccc(Cl)c4Cl)nc(CO)c13)CC2. The van der Waals surface area contributed by atoms with Gasteiger partial charge in [0.25, 0.3) is 0 Å². The van der Waals surface area contributed by atoms with Gasteiger partial charge in [-0.1, -0.05) is 41.4 Å². The summed E-state index contributed by atoms with van der Waals surface area (Å²) < 4.78 is 33.2. The van der Waals surface area contributed by atoms with Gasteiger partial charge in [-0.2, -0.15) is 0 Å². The Morgan fingerprint density at radius 2 is 1.90 bits per heavy atom. The van der Waals surface area contributed by atoms with Crippen molar-refractivity contribution in [1.29, 1.82) is 0 Å². The smallest absolute Gasteiger partial charge is 0.154 e. The van der Waals surface area contributed by atoms with Gasteiger partial charge in [-0.25, -0.2) is 23.3 Å². The fraction of sp³-hybridized carbons (Fsp3) is 0.400. The zero-order valence-electron chi connectivity index (χ0n) is 23.1. The van der Waals surface area contributed by atoms with Crippen molar-refractivity contribution in [2.75, 3.05) is 18.0 Å². The number of aliphatic hydroxyl groups is 1. The Morgan fingerprint density at radius 1 is 1.17 bits per heavy atom. The van der Waals surface area contributed by atoms with Gasteiger partial charge in [-0.3, -0.25) is 4.40 Å². The highest BCUT2D eigenvalue weighted by molar-refractivity contribution is 7.84. The van der Waals surface area contributed by atoms with Crippen molar-refractivity contribution < 1.29 is 13.7 Å². The first-order valence-electron chi connectivity index (χ1n) is 13.7. The molecule has 6 rings (SSSR count). The van der Waals surface area contributed by atoms with E-state index in [4.69, 9.17) is 33.2 Å². The summed E-state index contributed by atoms with van der Waals surface area (Å²) in [5, 5.41) is 11.1. The van der Waals surface area contributed by atoms with E-state index >= 15 is 4.39 Å². The van der Waals surface area contributed by atoms with E-state index in [0.717, 1.165) is 24.8 Å². The van der Waals surface area contributed by atoms with Crippen LogP contribution in [-0.2, 0) is 24.0 Å². The van der Waals surface area contributed by atoms with Crippen LogP contribution in [0.1, 0.15) is 56.5 Å². The van der Waals surface area contributed by atoms with E-state index in [2.05, 4.69) is 9.62 Å². The van der Waals surface area contributed by atoms with Crippen molar-refractivity contribution in [3.8, 4) is 11.4 Å². The van der Waals surface area contributed by atoms with E-state index in [1.165, 1.54) is 6.07 Å². The molecular weight excluding hydrogens is 584 g/mol. The maximum atomic E-state index is 15.2. The van der Waals surface area contributed by atoms with Gasteiger partial charge in [-0.05, 0) is 69.2 Å². The summed E-state index contributed by atoms with van der Waals surface area (Å²) in [5.74, 6) is 1.03. The van der Waals surface area contributed by atoms with Gasteiger partial charge in [0, 0.05) is 36.6 Å². The Morgan fingerprint density at radius 3 is 2.61 bits per heavy atom. The first kappa shape index (κ1) is 28.6. The first-order chi connectivity index (χ1) is 19.5. The van der Waals surface area contributed by atoms with Crippen LogP contribution in [0.25, 0.3) is 16.9 Å². The molecule has 2 aliphatic rings. The van der Waals surface area contributed by atoms with Crippen LogP contribution in [0, 0.1) is 11.2 Å². The van der Waals surface area contributed by atoms with Gasteiger partial charge in [0.2, 0.25) is 0 Å². The van der Waals surface area contributed by atoms with Crippen molar-refractivity contribution in [3.05, 3.63) is 81.5 Å². The zero-order chi connectivity index (χ0) is 29.1. The van der Waals surface area contributed by atoms with E-state index in [1.54, 1.807) is 24.5 Å². The van der Waals surface area contributed by atoms with E-state index in [0.29, 0.717) is 57.1 Å². The predicted octanol–water partition coefficient (Wildman–Crippen LogP) is 6.27. The molecule has 0 saturated carbocycles. The molecule has 1 aliphatic carbocycles. The molecule has 2 aromatic heterocycles. The molecule has 4 aromatic rings. The zero-order valence-corrected chi connectivity index (χ0v) is 25.5. The molecule has 1 spiro atoms. The van der Waals surface area contributed by atoms with Gasteiger partial charge in [0.1, 0.15) is 17.2 Å². The standard InChI is InChI=1S/C30H32Cl2FN5O2S/c1-29(2,3)41(40)36-26-23-18(6-4-9-21(23)33)16-30(26)10-13-37(14-11-30)28-25-22(17-39)35-27(38(25)15-12-34-28)19-7-5-8-20(31)24(19)32/h4-9,12,15,26,36,39H,10-11,13-14,16-17H2,1-3H3/t26?,41-/m1/s1. The van der Waals surface area contributed by atoms with Gasteiger partial charge in [0.05, 0.1) is 44.1 Å². The molecule has 0 bridgehead atoms. The van der Waals surface area contributed by atoms with Crippen molar-refractivity contribution in [2.45, 2.75) is 57.4 Å². The number of hydrogen-bond acceptors (Lipinski definition) is 5. The Labute approximate surface area is 251 Å². The van der Waals surface area contributed by atoms with Crippen molar-refractivity contribution in [3.63, 3.8) is 0 Å². The highest BCUT2D eigenvalue weighted by Crippen LogP contribution is 2.53. The van der Waals surface area contributed by atoms with Crippen molar-refractivity contribution in [1.82, 2.24) is 19.1 Å². The molecule has 216 valence electrons. The number of anilines is 1. The number of imidazole rings is 1. The maximum Gasteiger partial charge on any atom is 0.154 e. The first-order valence-corrected chi connectivity index (χ1v) is 15.6. The number of rotatable bonds is 5. The third-order valence-electron chi connectivity index (χ3n) is 8.38. The van der Waals surface area contributed by atoms with E-state index in [9.17, 15) is 9.32 Å². The highest BCUT2D eigenvalue weighted by atomic mass is 35.5. The summed E-state index contributed by atoms with van der Waals surface area (Å²) in [5.41, 5.74) is 3.20. The summed E-state index contributed by atoms with van der Waals surface area (Å²) in [6, 6.07) is 10.3. The van der Waals surface area contributed by atoms with Gasteiger partial charge >= 0.3 is 0 Å². The third-order valence-corrected chi connectivity index (χ3v) is 10.8. The van der Waals surface area contributed by atoms with E-state index < -0.39 is 15.7 Å². The average molecular weight is 617 g/mol. The second-order valence-corrected chi connectivity index (χ2v) is 14.7. The normalized spacial score (nSPS) is 19.2. The number of benzene rings is 2. The van der Waals surface area contributed by atoms with E-state index in [-0.39, 0.29) is 23.9 Å². The minimum absolute atomic E-state index is 0.254. The molecule has 1 aliphatic heterocycles. The number of aliphatic hydroxyl groups excluding tert-OH is 1. The molecule has 1 unspecified atom stereocenters. The second kappa shape index (κ2) is 10.6. The summed E-state index contributed by atoms with van der Waals surface area (Å²) in [6.45, 7) is 6.81. The molecule has 2 atom stereocenters. The van der Waals surface area contributed by atoms with Crippen LogP contribution in [0.5, 0.6) is 0 Å². The Balaban J connectivity index is 1.35. The van der Waals surface area contributed by atoms with Crippen LogP contribution in [0.4, 0.5) is 10.2 Å². The topological polar surface area (TPSA) is 82.8 Å². The number of fused-ring (bicyclic) bond motifs is 2. The third kappa shape index (κ3) is 4.85. The molecular formula is C30H32Cl2FN5O2S. The molecule has 1 saturated heterocycles. The Hall–Kier alpha value is -2.56. The van der Waals surface area contributed by atoms with Crippen LogP contribution in [0.15, 0.2) is 48.8 Å². The number of halogens is 3. The molecule has 0 radical (unpaired) electrons. The van der Waals surface area contributed by atoms with Crippen LogP contribution >= 0.6 is 23.2 Å². The summed E-state index contributed by atoms with van der Waals surface area (Å²) in [4.78, 5) is 11.7. The van der Waals surface area contributed by atoms with Crippen molar-refractivity contribution in [2.24, 2.45) is 5.41 Å². The molecule has 2 aromatic carbocycles. The minimum atomic E-state index is -1.36. The Bertz CT molecular complexity index is 1660. The second-order valence-electron chi connectivity index (χ2n) is 11.9. The summed E-state index contributed by atoms with van der Waals surface area (Å²) in [7, 11) is -1.36. The predicted molar refractivity (Wildman–Crippen MR) is 162 cm³/mol. The lowest BCUT2D eigenvalue weighted by molar-refractivity contribution is 0.175. The minimum Gasteiger partial charge on any atom is -0.390 e. The molecule has 3 heterocycles. The average Bonchev–Trinajstić information content (AvgIpc) is 3.46.